The van der Waals surface area contributed by atoms with E-state index in [2.05, 4.69) is 12.1 Å². The Balaban J connectivity index is 1.42. The van der Waals surface area contributed by atoms with Crippen LogP contribution in [0.5, 0.6) is 5.75 Å². The number of ether oxygens (including phenoxy) is 1. The molecule has 1 atom stereocenters. The second-order valence-corrected chi connectivity index (χ2v) is 9.74. The lowest BCUT2D eigenvalue weighted by atomic mass is 9.73. The number of likely N-dealkylation sites (tertiary alicyclic amines) is 1. The number of nitrogens with two attached hydrogens (primary N) is 1. The zero-order valence-corrected chi connectivity index (χ0v) is 20.2. The number of carbonyl (C=O) groups excluding carboxylic acids is 2. The van der Waals surface area contributed by atoms with Gasteiger partial charge in [0.1, 0.15) is 18.4 Å². The number of aryl methyl sites for hydroxylation is 1. The lowest BCUT2D eigenvalue weighted by molar-refractivity contribution is -0.148. The molecule has 6 heteroatoms. The molecule has 4 rings (SSSR count). The minimum Gasteiger partial charge on any atom is -0.491 e. The standard InChI is InChI=1S/C28H37N3O3/c1-30-20-21-34-24-14-8-7-11-22(24)10-6-3-9-15-28(27(30)33)16-18-31(19-17-28)26(32)25(29)23-12-4-2-5-13-23/h2,4-5,7-8,11-14,25H,3,6,9-10,15-21,29H2,1H3/t25-/m0/s1. The molecule has 182 valence electrons. The molecule has 0 radical (unpaired) electrons. The summed E-state index contributed by atoms with van der Waals surface area (Å²) in [6, 6.07) is 17.1. The van der Waals surface area contributed by atoms with Crippen LogP contribution in [-0.2, 0) is 16.0 Å². The Morgan fingerprint density at radius 1 is 0.941 bits per heavy atom. The van der Waals surface area contributed by atoms with Crippen LogP contribution in [0.2, 0.25) is 0 Å². The summed E-state index contributed by atoms with van der Waals surface area (Å²) < 4.78 is 6.05. The number of hydrogen-bond donors (Lipinski definition) is 1. The number of rotatable bonds is 2. The molecule has 2 aromatic rings. The van der Waals surface area contributed by atoms with Crippen molar-refractivity contribution in [1.29, 1.82) is 0 Å². The first-order chi connectivity index (χ1) is 16.5. The number of amides is 2. The van der Waals surface area contributed by atoms with Crippen LogP contribution in [-0.4, -0.2) is 54.9 Å². The highest BCUT2D eigenvalue weighted by atomic mass is 16.5. The summed E-state index contributed by atoms with van der Waals surface area (Å²) in [4.78, 5) is 30.4. The summed E-state index contributed by atoms with van der Waals surface area (Å²) in [5.74, 6) is 1.06. The minimum atomic E-state index is -0.660. The number of fused-ring (bicyclic) bond motifs is 1. The monoisotopic (exact) mass is 463 g/mol. The lowest BCUT2D eigenvalue weighted by Gasteiger charge is -2.43. The highest BCUT2D eigenvalue weighted by molar-refractivity contribution is 5.85. The van der Waals surface area contributed by atoms with E-state index in [0.29, 0.717) is 39.1 Å². The van der Waals surface area contributed by atoms with Crippen LogP contribution in [0.4, 0.5) is 0 Å². The fourth-order valence-electron chi connectivity index (χ4n) is 5.33. The van der Waals surface area contributed by atoms with Crippen LogP contribution < -0.4 is 10.5 Å². The second-order valence-electron chi connectivity index (χ2n) is 9.74. The van der Waals surface area contributed by atoms with Crippen LogP contribution >= 0.6 is 0 Å². The van der Waals surface area contributed by atoms with Gasteiger partial charge in [0.2, 0.25) is 11.8 Å². The van der Waals surface area contributed by atoms with Crippen LogP contribution in [0.25, 0.3) is 0 Å². The van der Waals surface area contributed by atoms with Gasteiger partial charge in [0.15, 0.2) is 0 Å². The summed E-state index contributed by atoms with van der Waals surface area (Å²) in [5.41, 5.74) is 7.93. The number of piperidine rings is 1. The zero-order chi connectivity index (χ0) is 24.0. The highest BCUT2D eigenvalue weighted by Crippen LogP contribution is 2.39. The average molecular weight is 464 g/mol. The predicted octanol–water partition coefficient (Wildman–Crippen LogP) is 3.95. The van der Waals surface area contributed by atoms with Crippen molar-refractivity contribution in [2.24, 2.45) is 11.1 Å². The first kappa shape index (κ1) is 24.3. The van der Waals surface area contributed by atoms with Gasteiger partial charge in [-0.1, -0.05) is 61.4 Å². The van der Waals surface area contributed by atoms with Crippen molar-refractivity contribution in [2.75, 3.05) is 33.3 Å². The SMILES string of the molecule is CN1CCOc2ccccc2CCCCCC2(CCN(C(=O)[C@@H](N)c3ccccc3)CC2)C1=O. The van der Waals surface area contributed by atoms with E-state index in [9.17, 15) is 9.59 Å². The Kier molecular flexibility index (Phi) is 7.88. The number of likely N-dealkylation sites (N-methyl/N-ethyl adjacent to an activating group) is 1. The van der Waals surface area contributed by atoms with E-state index < -0.39 is 11.5 Å². The van der Waals surface area contributed by atoms with Crippen molar-refractivity contribution in [2.45, 2.75) is 51.0 Å². The minimum absolute atomic E-state index is 0.0577. The Morgan fingerprint density at radius 2 is 1.65 bits per heavy atom. The molecule has 1 spiro atoms. The molecule has 2 amide bonds. The molecule has 34 heavy (non-hydrogen) atoms. The van der Waals surface area contributed by atoms with Crippen molar-refractivity contribution >= 4 is 11.8 Å². The maximum Gasteiger partial charge on any atom is 0.244 e. The molecule has 0 aromatic heterocycles. The Labute approximate surface area is 203 Å². The third-order valence-corrected chi connectivity index (χ3v) is 7.52. The topological polar surface area (TPSA) is 75.9 Å². The molecule has 1 fully saturated rings. The molecule has 6 nitrogen and oxygen atoms in total. The molecule has 1 saturated heterocycles. The molecule has 0 saturated carbocycles. The smallest absolute Gasteiger partial charge is 0.244 e. The number of carbonyl (C=O) groups is 2. The van der Waals surface area contributed by atoms with Crippen molar-refractivity contribution in [1.82, 2.24) is 9.80 Å². The number of benzene rings is 2. The summed E-state index contributed by atoms with van der Waals surface area (Å²) in [7, 11) is 1.88. The molecular formula is C28H37N3O3. The van der Waals surface area contributed by atoms with Gasteiger partial charge < -0.3 is 20.3 Å². The molecule has 2 N–H and O–H groups in total. The number of nitrogens with zero attached hydrogens (tertiary/aromatic N) is 2. The predicted molar refractivity (Wildman–Crippen MR) is 133 cm³/mol. The average Bonchev–Trinajstić information content (AvgIpc) is 2.89. The maximum atomic E-state index is 13.6. The molecule has 2 aliphatic heterocycles. The third-order valence-electron chi connectivity index (χ3n) is 7.52. The highest BCUT2D eigenvalue weighted by Gasteiger charge is 2.43. The van der Waals surface area contributed by atoms with Crippen LogP contribution in [0.3, 0.4) is 0 Å². The van der Waals surface area contributed by atoms with E-state index in [4.69, 9.17) is 10.5 Å². The molecule has 0 aliphatic carbocycles. The lowest BCUT2D eigenvalue weighted by Crippen LogP contribution is -2.52. The number of hydrogen-bond acceptors (Lipinski definition) is 4. The second kappa shape index (κ2) is 11.0. The van der Waals surface area contributed by atoms with Crippen molar-refractivity contribution < 1.29 is 14.3 Å². The molecule has 2 heterocycles. The quantitative estimate of drug-likeness (QED) is 0.732. The Hall–Kier alpha value is -2.86. The van der Waals surface area contributed by atoms with Gasteiger partial charge in [0.05, 0.1) is 12.0 Å². The summed E-state index contributed by atoms with van der Waals surface area (Å²) in [5, 5.41) is 0. The molecule has 0 bridgehead atoms. The summed E-state index contributed by atoms with van der Waals surface area (Å²) in [6.45, 7) is 2.17. The Bertz CT molecular complexity index is 970. The third kappa shape index (κ3) is 5.44. The van der Waals surface area contributed by atoms with E-state index in [-0.39, 0.29) is 11.8 Å². The van der Waals surface area contributed by atoms with Gasteiger partial charge in [-0.3, -0.25) is 9.59 Å². The largest absolute Gasteiger partial charge is 0.491 e. The normalized spacial score (nSPS) is 20.4. The van der Waals surface area contributed by atoms with Crippen LogP contribution in [0, 0.1) is 5.41 Å². The fourth-order valence-corrected chi connectivity index (χ4v) is 5.33. The fraction of sp³-hybridized carbons (Fsp3) is 0.500. The van der Waals surface area contributed by atoms with Crippen molar-refractivity contribution in [3.8, 4) is 5.75 Å². The van der Waals surface area contributed by atoms with E-state index >= 15 is 0 Å². The van der Waals surface area contributed by atoms with E-state index in [1.165, 1.54) is 5.56 Å². The molecular weight excluding hydrogens is 426 g/mol. The van der Waals surface area contributed by atoms with Gasteiger partial charge >= 0.3 is 0 Å². The van der Waals surface area contributed by atoms with Gasteiger partial charge in [0.25, 0.3) is 0 Å². The molecule has 2 aromatic carbocycles. The Morgan fingerprint density at radius 3 is 2.41 bits per heavy atom. The van der Waals surface area contributed by atoms with Gasteiger partial charge in [-0.15, -0.1) is 0 Å². The number of para-hydroxylation sites is 1. The van der Waals surface area contributed by atoms with Crippen molar-refractivity contribution in [3.63, 3.8) is 0 Å². The first-order valence-corrected chi connectivity index (χ1v) is 12.6. The maximum absolute atomic E-state index is 13.6. The van der Waals surface area contributed by atoms with Crippen molar-refractivity contribution in [3.05, 3.63) is 65.7 Å². The molecule has 2 aliphatic rings. The van der Waals surface area contributed by atoms with E-state index in [0.717, 1.165) is 43.4 Å². The van der Waals surface area contributed by atoms with Crippen LogP contribution in [0.1, 0.15) is 55.7 Å². The summed E-state index contributed by atoms with van der Waals surface area (Å²) in [6.07, 6.45) is 6.40. The molecule has 0 unspecified atom stereocenters. The van der Waals surface area contributed by atoms with E-state index in [1.807, 2.05) is 59.3 Å². The van der Waals surface area contributed by atoms with E-state index in [1.54, 1.807) is 0 Å². The van der Waals surface area contributed by atoms with Gasteiger partial charge in [-0.25, -0.2) is 0 Å². The van der Waals surface area contributed by atoms with Crippen LogP contribution in [0.15, 0.2) is 54.6 Å². The zero-order valence-electron chi connectivity index (χ0n) is 20.2. The van der Waals surface area contributed by atoms with Gasteiger partial charge in [-0.05, 0) is 49.3 Å². The van der Waals surface area contributed by atoms with Gasteiger partial charge in [-0.2, -0.15) is 0 Å². The van der Waals surface area contributed by atoms with Gasteiger partial charge in [0, 0.05) is 20.1 Å². The first-order valence-electron chi connectivity index (χ1n) is 12.6. The summed E-state index contributed by atoms with van der Waals surface area (Å²) >= 11 is 0.